The number of nitrogens with zero attached hydrogens (tertiary/aromatic N) is 2. The SMILES string of the molecule is c1ccc2c(c1)CNC(c1nc(C3COCCO3)no1)C2. The minimum atomic E-state index is -0.216. The van der Waals surface area contributed by atoms with E-state index in [9.17, 15) is 0 Å². The van der Waals surface area contributed by atoms with Crippen molar-refractivity contribution in [3.05, 3.63) is 47.1 Å². The quantitative estimate of drug-likeness (QED) is 0.903. The van der Waals surface area contributed by atoms with Gasteiger partial charge in [-0.1, -0.05) is 29.4 Å². The molecule has 6 nitrogen and oxygen atoms in total. The van der Waals surface area contributed by atoms with Gasteiger partial charge in [0.05, 0.1) is 25.9 Å². The Bertz CT molecular complexity index is 622. The molecule has 0 spiro atoms. The molecule has 1 fully saturated rings. The van der Waals surface area contributed by atoms with Crippen molar-refractivity contribution in [1.29, 1.82) is 0 Å². The van der Waals surface area contributed by atoms with Gasteiger partial charge in [-0.25, -0.2) is 0 Å². The summed E-state index contributed by atoms with van der Waals surface area (Å²) < 4.78 is 16.4. The van der Waals surface area contributed by atoms with Crippen molar-refractivity contribution in [3.63, 3.8) is 0 Å². The van der Waals surface area contributed by atoms with Gasteiger partial charge in [-0.2, -0.15) is 4.98 Å². The third-order valence-corrected chi connectivity index (χ3v) is 3.94. The lowest BCUT2D eigenvalue weighted by molar-refractivity contribution is -0.0941. The fraction of sp³-hybridized carbons (Fsp3) is 0.467. The first-order chi connectivity index (χ1) is 10.4. The van der Waals surface area contributed by atoms with E-state index in [0.717, 1.165) is 13.0 Å². The first-order valence-corrected chi connectivity index (χ1v) is 7.23. The standard InChI is InChI=1S/C15H17N3O3/c1-2-4-11-8-16-12(7-10(11)3-1)15-17-14(18-21-15)13-9-19-5-6-20-13/h1-4,12-13,16H,5-9H2. The molecule has 3 heterocycles. The van der Waals surface area contributed by atoms with E-state index >= 15 is 0 Å². The van der Waals surface area contributed by atoms with Crippen LogP contribution >= 0.6 is 0 Å². The summed E-state index contributed by atoms with van der Waals surface area (Å²) >= 11 is 0. The summed E-state index contributed by atoms with van der Waals surface area (Å²) in [5.74, 6) is 1.19. The Kier molecular flexibility index (Phi) is 3.42. The molecular formula is C15H17N3O3. The zero-order valence-electron chi connectivity index (χ0n) is 11.6. The fourth-order valence-electron chi connectivity index (χ4n) is 2.79. The summed E-state index contributed by atoms with van der Waals surface area (Å²) in [6.07, 6.45) is 0.645. The lowest BCUT2D eigenvalue weighted by Crippen LogP contribution is -2.29. The maximum atomic E-state index is 5.59. The molecule has 0 bridgehead atoms. The Hall–Kier alpha value is -1.76. The van der Waals surface area contributed by atoms with E-state index < -0.39 is 0 Å². The van der Waals surface area contributed by atoms with Gasteiger partial charge in [0.15, 0.2) is 0 Å². The van der Waals surface area contributed by atoms with Crippen molar-refractivity contribution in [3.8, 4) is 0 Å². The van der Waals surface area contributed by atoms with Crippen LogP contribution in [0.2, 0.25) is 0 Å². The second kappa shape index (κ2) is 5.55. The lowest BCUT2D eigenvalue weighted by Gasteiger charge is -2.23. The number of aromatic nitrogens is 2. The van der Waals surface area contributed by atoms with Crippen molar-refractivity contribution in [1.82, 2.24) is 15.5 Å². The number of nitrogens with one attached hydrogen (secondary N) is 1. The molecular weight excluding hydrogens is 270 g/mol. The van der Waals surface area contributed by atoms with E-state index in [1.165, 1.54) is 11.1 Å². The molecule has 2 unspecified atom stereocenters. The van der Waals surface area contributed by atoms with Gasteiger partial charge < -0.3 is 19.3 Å². The Morgan fingerprint density at radius 1 is 1.14 bits per heavy atom. The second-order valence-electron chi connectivity index (χ2n) is 5.33. The molecule has 4 rings (SSSR count). The van der Waals surface area contributed by atoms with Gasteiger partial charge in [0.25, 0.3) is 0 Å². The van der Waals surface area contributed by atoms with Crippen LogP contribution in [0.1, 0.15) is 35.0 Å². The predicted octanol–water partition coefficient (Wildman–Crippen LogP) is 1.54. The van der Waals surface area contributed by atoms with Crippen molar-refractivity contribution in [2.75, 3.05) is 19.8 Å². The molecule has 0 radical (unpaired) electrons. The molecule has 0 aliphatic carbocycles. The van der Waals surface area contributed by atoms with E-state index in [2.05, 4.69) is 39.7 Å². The monoisotopic (exact) mass is 287 g/mol. The largest absolute Gasteiger partial charge is 0.376 e. The Balaban J connectivity index is 1.51. The zero-order valence-corrected chi connectivity index (χ0v) is 11.6. The lowest BCUT2D eigenvalue weighted by atomic mass is 9.96. The summed E-state index contributed by atoms with van der Waals surface area (Å²) in [5, 5.41) is 7.48. The van der Waals surface area contributed by atoms with Crippen LogP contribution in [0.3, 0.4) is 0 Å². The molecule has 2 aliphatic rings. The normalized spacial score (nSPS) is 25.5. The Labute approximate surface area is 122 Å². The predicted molar refractivity (Wildman–Crippen MR) is 73.5 cm³/mol. The van der Waals surface area contributed by atoms with Crippen LogP contribution in [0.25, 0.3) is 0 Å². The topological polar surface area (TPSA) is 69.4 Å². The number of rotatable bonds is 2. The molecule has 2 aliphatic heterocycles. The van der Waals surface area contributed by atoms with Gasteiger partial charge in [0, 0.05) is 6.54 Å². The summed E-state index contributed by atoms with van der Waals surface area (Å²) in [6, 6.07) is 8.48. The summed E-state index contributed by atoms with van der Waals surface area (Å²) in [6.45, 7) is 2.51. The molecule has 1 aromatic heterocycles. The Morgan fingerprint density at radius 2 is 2.05 bits per heavy atom. The van der Waals surface area contributed by atoms with Crippen LogP contribution in [0.4, 0.5) is 0 Å². The van der Waals surface area contributed by atoms with E-state index in [4.69, 9.17) is 14.0 Å². The summed E-state index contributed by atoms with van der Waals surface area (Å²) in [7, 11) is 0. The van der Waals surface area contributed by atoms with Crippen molar-refractivity contribution >= 4 is 0 Å². The maximum absolute atomic E-state index is 5.59. The van der Waals surface area contributed by atoms with Crippen LogP contribution in [0, 0.1) is 0 Å². The zero-order chi connectivity index (χ0) is 14.1. The summed E-state index contributed by atoms with van der Waals surface area (Å²) in [5.41, 5.74) is 2.66. The highest BCUT2D eigenvalue weighted by Crippen LogP contribution is 2.26. The molecule has 21 heavy (non-hydrogen) atoms. The van der Waals surface area contributed by atoms with Crippen LogP contribution < -0.4 is 5.32 Å². The second-order valence-corrected chi connectivity index (χ2v) is 5.33. The highest BCUT2D eigenvalue weighted by atomic mass is 16.6. The molecule has 2 aromatic rings. The first-order valence-electron chi connectivity index (χ1n) is 7.23. The number of fused-ring (bicyclic) bond motifs is 1. The van der Waals surface area contributed by atoms with Gasteiger partial charge in [-0.05, 0) is 17.5 Å². The molecule has 6 heteroatoms. The molecule has 2 atom stereocenters. The smallest absolute Gasteiger partial charge is 0.244 e. The van der Waals surface area contributed by atoms with Crippen LogP contribution in [-0.2, 0) is 22.4 Å². The highest BCUT2D eigenvalue weighted by molar-refractivity contribution is 5.30. The van der Waals surface area contributed by atoms with Crippen molar-refractivity contribution in [2.24, 2.45) is 0 Å². The van der Waals surface area contributed by atoms with Gasteiger partial charge in [0.1, 0.15) is 6.10 Å². The van der Waals surface area contributed by atoms with Crippen LogP contribution in [-0.4, -0.2) is 30.0 Å². The van der Waals surface area contributed by atoms with Crippen molar-refractivity contribution in [2.45, 2.75) is 25.1 Å². The average Bonchev–Trinajstić information content (AvgIpc) is 3.05. The number of benzene rings is 1. The third kappa shape index (κ3) is 2.57. The molecule has 110 valence electrons. The Morgan fingerprint density at radius 3 is 2.90 bits per heavy atom. The van der Waals surface area contributed by atoms with E-state index in [1.807, 2.05) is 0 Å². The van der Waals surface area contributed by atoms with Gasteiger partial charge in [0.2, 0.25) is 11.7 Å². The van der Waals surface area contributed by atoms with E-state index in [-0.39, 0.29) is 12.1 Å². The minimum absolute atomic E-state index is 0.0608. The van der Waals surface area contributed by atoms with Crippen LogP contribution in [0.5, 0.6) is 0 Å². The molecule has 1 N–H and O–H groups in total. The van der Waals surface area contributed by atoms with Crippen molar-refractivity contribution < 1.29 is 14.0 Å². The maximum Gasteiger partial charge on any atom is 0.244 e. The minimum Gasteiger partial charge on any atom is -0.376 e. The number of hydrogen-bond donors (Lipinski definition) is 1. The molecule has 1 aromatic carbocycles. The molecule has 1 saturated heterocycles. The van der Waals surface area contributed by atoms with E-state index in [1.54, 1.807) is 0 Å². The van der Waals surface area contributed by atoms with Gasteiger partial charge in [-0.3, -0.25) is 0 Å². The van der Waals surface area contributed by atoms with Crippen LogP contribution in [0.15, 0.2) is 28.8 Å². The van der Waals surface area contributed by atoms with Gasteiger partial charge >= 0.3 is 0 Å². The average molecular weight is 287 g/mol. The number of ether oxygens (including phenoxy) is 2. The fourth-order valence-corrected chi connectivity index (χ4v) is 2.79. The molecule has 0 amide bonds. The van der Waals surface area contributed by atoms with Gasteiger partial charge in [-0.15, -0.1) is 0 Å². The highest BCUT2D eigenvalue weighted by Gasteiger charge is 2.27. The summed E-state index contributed by atoms with van der Waals surface area (Å²) in [4.78, 5) is 4.49. The number of hydrogen-bond acceptors (Lipinski definition) is 6. The van der Waals surface area contributed by atoms with E-state index in [0.29, 0.717) is 31.5 Å². The first kappa shape index (κ1) is 12.9. The molecule has 0 saturated carbocycles. The third-order valence-electron chi connectivity index (χ3n) is 3.94.